The van der Waals surface area contributed by atoms with Gasteiger partial charge in [0.1, 0.15) is 0 Å². The van der Waals surface area contributed by atoms with Crippen LogP contribution in [-0.4, -0.2) is 48.1 Å². The number of oxime groups is 1. The monoisotopic (exact) mass is 265 g/mol. The minimum Gasteiger partial charge on any atom is -0.409 e. The number of nitrogens with zero attached hydrogens (tertiary/aromatic N) is 2. The number of aliphatic hydroxyl groups is 1. The van der Waals surface area contributed by atoms with Crippen LogP contribution < -0.4 is 10.6 Å². The van der Waals surface area contributed by atoms with Gasteiger partial charge in [-0.25, -0.2) is 0 Å². The van der Waals surface area contributed by atoms with Gasteiger partial charge in [-0.15, -0.1) is 0 Å². The predicted molar refractivity (Wildman–Crippen MR) is 72.6 cm³/mol. The molecule has 2 unspecified atom stereocenters. The second-order valence-electron chi connectivity index (χ2n) is 4.64. The third kappa shape index (κ3) is 2.80. The van der Waals surface area contributed by atoms with Crippen LogP contribution >= 0.6 is 0 Å². The Morgan fingerprint density at radius 2 is 2.26 bits per heavy atom. The molecule has 2 rings (SSSR count). The number of aliphatic hydroxyl groups excluding tert-OH is 1. The second kappa shape index (κ2) is 5.90. The molecule has 0 radical (unpaired) electrons. The van der Waals surface area contributed by atoms with Crippen LogP contribution in [0.1, 0.15) is 12.5 Å². The molecule has 104 valence electrons. The number of anilines is 1. The van der Waals surface area contributed by atoms with Crippen LogP contribution in [0.3, 0.4) is 0 Å². The van der Waals surface area contributed by atoms with E-state index in [2.05, 4.69) is 10.1 Å². The molecule has 6 heteroatoms. The lowest BCUT2D eigenvalue weighted by Crippen LogP contribution is -2.50. The summed E-state index contributed by atoms with van der Waals surface area (Å²) in [6.07, 6.45) is -0.212. The number of hydrogen-bond donors (Lipinski definition) is 3. The first-order valence-corrected chi connectivity index (χ1v) is 6.23. The number of ether oxygens (including phenoxy) is 1. The van der Waals surface area contributed by atoms with Crippen LogP contribution in [-0.2, 0) is 4.74 Å². The number of rotatable bonds is 3. The zero-order valence-electron chi connectivity index (χ0n) is 10.9. The number of hydrogen-bond acceptors (Lipinski definition) is 5. The van der Waals surface area contributed by atoms with Gasteiger partial charge in [0.15, 0.2) is 5.84 Å². The van der Waals surface area contributed by atoms with Gasteiger partial charge in [0.2, 0.25) is 0 Å². The first-order valence-electron chi connectivity index (χ1n) is 6.23. The summed E-state index contributed by atoms with van der Waals surface area (Å²) in [6.45, 7) is 3.13. The minimum absolute atomic E-state index is 0.0189. The first-order chi connectivity index (χ1) is 9.17. The van der Waals surface area contributed by atoms with E-state index in [1.165, 1.54) is 0 Å². The van der Waals surface area contributed by atoms with E-state index in [9.17, 15) is 5.11 Å². The van der Waals surface area contributed by atoms with Crippen molar-refractivity contribution in [1.29, 1.82) is 0 Å². The van der Waals surface area contributed by atoms with E-state index in [0.717, 1.165) is 5.69 Å². The standard InChI is InChI=1S/C13H19N3O3/c1-9-8-19-10(7-17)6-16(9)12-5-3-2-4-11(12)13(14)15-18/h2-5,9-10,17-18H,6-8H2,1H3,(H2,14,15). The second-order valence-corrected chi connectivity index (χ2v) is 4.64. The van der Waals surface area contributed by atoms with E-state index >= 15 is 0 Å². The number of benzene rings is 1. The van der Waals surface area contributed by atoms with Gasteiger partial charge in [0.05, 0.1) is 19.3 Å². The van der Waals surface area contributed by atoms with Gasteiger partial charge in [0.25, 0.3) is 0 Å². The molecule has 1 fully saturated rings. The quantitative estimate of drug-likeness (QED) is 0.318. The maximum Gasteiger partial charge on any atom is 0.172 e. The van der Waals surface area contributed by atoms with Crippen molar-refractivity contribution in [2.75, 3.05) is 24.7 Å². The summed E-state index contributed by atoms with van der Waals surface area (Å²) in [5.74, 6) is 0.0786. The summed E-state index contributed by atoms with van der Waals surface area (Å²) in [4.78, 5) is 2.11. The van der Waals surface area contributed by atoms with Crippen LogP contribution in [0.4, 0.5) is 5.69 Å². The van der Waals surface area contributed by atoms with E-state index in [1.54, 1.807) is 6.07 Å². The molecule has 0 aliphatic carbocycles. The van der Waals surface area contributed by atoms with Crippen LogP contribution in [0.25, 0.3) is 0 Å². The van der Waals surface area contributed by atoms with Crippen molar-refractivity contribution in [3.05, 3.63) is 29.8 Å². The topological polar surface area (TPSA) is 91.3 Å². The fourth-order valence-corrected chi connectivity index (χ4v) is 2.26. The zero-order valence-corrected chi connectivity index (χ0v) is 10.9. The van der Waals surface area contributed by atoms with Crippen molar-refractivity contribution >= 4 is 11.5 Å². The maximum absolute atomic E-state index is 9.23. The molecular weight excluding hydrogens is 246 g/mol. The molecule has 1 saturated heterocycles. The molecular formula is C13H19N3O3. The van der Waals surface area contributed by atoms with Crippen molar-refractivity contribution in [2.45, 2.75) is 19.1 Å². The summed E-state index contributed by atoms with van der Waals surface area (Å²) in [7, 11) is 0. The van der Waals surface area contributed by atoms with E-state index in [1.807, 2.05) is 25.1 Å². The molecule has 0 amide bonds. The van der Waals surface area contributed by atoms with Gasteiger partial charge in [-0.3, -0.25) is 0 Å². The lowest BCUT2D eigenvalue weighted by molar-refractivity contribution is -0.0103. The van der Waals surface area contributed by atoms with Crippen LogP contribution in [0, 0.1) is 0 Å². The SMILES string of the molecule is CC1COC(CO)CN1c1ccccc1/C(N)=N/O. The van der Waals surface area contributed by atoms with Gasteiger partial charge in [-0.05, 0) is 19.1 Å². The molecule has 0 saturated carbocycles. The number of para-hydroxylation sites is 1. The molecule has 4 N–H and O–H groups in total. The smallest absolute Gasteiger partial charge is 0.172 e. The lowest BCUT2D eigenvalue weighted by Gasteiger charge is -2.39. The van der Waals surface area contributed by atoms with Gasteiger partial charge in [0, 0.05) is 23.8 Å². The summed E-state index contributed by atoms with van der Waals surface area (Å²) >= 11 is 0. The highest BCUT2D eigenvalue weighted by molar-refractivity contribution is 6.02. The first kappa shape index (κ1) is 13.6. The van der Waals surface area contributed by atoms with E-state index in [-0.39, 0.29) is 24.6 Å². The predicted octanol–water partition coefficient (Wildman–Crippen LogP) is 0.367. The molecule has 0 spiro atoms. The summed E-state index contributed by atoms with van der Waals surface area (Å²) < 4.78 is 5.52. The zero-order chi connectivity index (χ0) is 13.8. The minimum atomic E-state index is -0.212. The number of morpholine rings is 1. The Morgan fingerprint density at radius 3 is 2.95 bits per heavy atom. The lowest BCUT2D eigenvalue weighted by atomic mass is 10.1. The van der Waals surface area contributed by atoms with Gasteiger partial charge >= 0.3 is 0 Å². The Bertz CT molecular complexity index is 464. The van der Waals surface area contributed by atoms with Gasteiger partial charge in [-0.1, -0.05) is 17.3 Å². The summed E-state index contributed by atoms with van der Waals surface area (Å²) in [5.41, 5.74) is 7.26. The normalized spacial score (nSPS) is 24.5. The van der Waals surface area contributed by atoms with E-state index in [4.69, 9.17) is 15.7 Å². The Morgan fingerprint density at radius 1 is 1.53 bits per heavy atom. The number of nitrogens with two attached hydrogens (primary N) is 1. The van der Waals surface area contributed by atoms with E-state index in [0.29, 0.717) is 18.7 Å². The molecule has 6 nitrogen and oxygen atoms in total. The molecule has 2 atom stereocenters. The molecule has 0 bridgehead atoms. The molecule has 1 aliphatic heterocycles. The molecule has 19 heavy (non-hydrogen) atoms. The Labute approximate surface area is 112 Å². The van der Waals surface area contributed by atoms with E-state index < -0.39 is 0 Å². The highest BCUT2D eigenvalue weighted by Gasteiger charge is 2.27. The number of amidine groups is 1. The summed E-state index contributed by atoms with van der Waals surface area (Å²) in [6, 6.07) is 7.63. The molecule has 1 heterocycles. The maximum atomic E-state index is 9.23. The Balaban J connectivity index is 2.34. The van der Waals surface area contributed by atoms with Crippen LogP contribution in [0.2, 0.25) is 0 Å². The van der Waals surface area contributed by atoms with Crippen molar-refractivity contribution in [2.24, 2.45) is 10.9 Å². The molecule has 0 aromatic heterocycles. The Hall–Kier alpha value is -1.79. The van der Waals surface area contributed by atoms with Gasteiger partial charge < -0.3 is 25.7 Å². The largest absolute Gasteiger partial charge is 0.409 e. The third-order valence-corrected chi connectivity index (χ3v) is 3.31. The van der Waals surface area contributed by atoms with Crippen molar-refractivity contribution in [3.63, 3.8) is 0 Å². The third-order valence-electron chi connectivity index (χ3n) is 3.31. The Kier molecular flexibility index (Phi) is 4.24. The van der Waals surface area contributed by atoms with Crippen molar-refractivity contribution in [1.82, 2.24) is 0 Å². The molecule has 1 aromatic rings. The fourth-order valence-electron chi connectivity index (χ4n) is 2.26. The van der Waals surface area contributed by atoms with Crippen molar-refractivity contribution < 1.29 is 15.1 Å². The van der Waals surface area contributed by atoms with Crippen LogP contribution in [0.5, 0.6) is 0 Å². The van der Waals surface area contributed by atoms with Gasteiger partial charge in [-0.2, -0.15) is 0 Å². The highest BCUT2D eigenvalue weighted by atomic mass is 16.5. The van der Waals surface area contributed by atoms with Crippen LogP contribution in [0.15, 0.2) is 29.4 Å². The summed E-state index contributed by atoms with van der Waals surface area (Å²) in [5, 5.41) is 21.1. The average molecular weight is 265 g/mol. The molecule has 1 aliphatic rings. The van der Waals surface area contributed by atoms with Crippen molar-refractivity contribution in [3.8, 4) is 0 Å². The molecule has 1 aromatic carbocycles. The fraction of sp³-hybridized carbons (Fsp3) is 0.462. The highest BCUT2D eigenvalue weighted by Crippen LogP contribution is 2.25. The average Bonchev–Trinajstić information content (AvgIpc) is 2.47.